The van der Waals surface area contributed by atoms with Crippen molar-refractivity contribution in [1.29, 1.82) is 0 Å². The molecule has 1 saturated heterocycles. The molecule has 3 N–H and O–H groups in total. The van der Waals surface area contributed by atoms with Crippen LogP contribution in [0.5, 0.6) is 0 Å². The third-order valence-electron chi connectivity index (χ3n) is 3.23. The number of morpholine rings is 1. The van der Waals surface area contributed by atoms with E-state index >= 15 is 0 Å². The second kappa shape index (κ2) is 5.22. The molecule has 0 radical (unpaired) electrons. The molecule has 2 aromatic rings. The van der Waals surface area contributed by atoms with Crippen molar-refractivity contribution in [3.63, 3.8) is 0 Å². The number of benzene rings is 1. The number of aromatic nitrogens is 1. The first kappa shape index (κ1) is 11.9. The van der Waals surface area contributed by atoms with E-state index in [9.17, 15) is 0 Å². The monoisotopic (exact) mass is 263 g/mol. The second-order valence-corrected chi connectivity index (χ2v) is 5.65. The smallest absolute Gasteiger partial charge is 0.181 e. The van der Waals surface area contributed by atoms with Gasteiger partial charge in [0.1, 0.15) is 0 Å². The van der Waals surface area contributed by atoms with E-state index in [4.69, 9.17) is 10.5 Å². The molecule has 0 spiro atoms. The van der Waals surface area contributed by atoms with E-state index in [1.165, 1.54) is 10.3 Å². The van der Waals surface area contributed by atoms with Gasteiger partial charge >= 0.3 is 0 Å². The van der Waals surface area contributed by atoms with Crippen molar-refractivity contribution in [1.82, 2.24) is 10.3 Å². The van der Waals surface area contributed by atoms with E-state index in [1.807, 2.05) is 0 Å². The first-order chi connectivity index (χ1) is 8.81. The highest BCUT2D eigenvalue weighted by Crippen LogP contribution is 2.25. The van der Waals surface area contributed by atoms with Crippen molar-refractivity contribution >= 4 is 26.7 Å². The van der Waals surface area contributed by atoms with Crippen molar-refractivity contribution in [2.75, 3.05) is 25.4 Å². The van der Waals surface area contributed by atoms with Gasteiger partial charge in [0.15, 0.2) is 5.13 Å². The van der Waals surface area contributed by atoms with Gasteiger partial charge in [-0.1, -0.05) is 17.4 Å². The third-order valence-corrected chi connectivity index (χ3v) is 4.08. The molecule has 96 valence electrons. The number of thiazole rings is 1. The maximum absolute atomic E-state index is 5.71. The van der Waals surface area contributed by atoms with Crippen molar-refractivity contribution in [3.05, 3.63) is 23.8 Å². The van der Waals surface area contributed by atoms with E-state index in [2.05, 4.69) is 28.5 Å². The van der Waals surface area contributed by atoms with Crippen LogP contribution in [0.15, 0.2) is 18.2 Å². The fourth-order valence-corrected chi connectivity index (χ4v) is 3.07. The molecule has 18 heavy (non-hydrogen) atoms. The lowest BCUT2D eigenvalue weighted by molar-refractivity contribution is 0.0238. The summed E-state index contributed by atoms with van der Waals surface area (Å²) in [7, 11) is 0. The minimum Gasteiger partial charge on any atom is -0.376 e. The zero-order valence-corrected chi connectivity index (χ0v) is 11.0. The number of fused-ring (bicyclic) bond motifs is 1. The summed E-state index contributed by atoms with van der Waals surface area (Å²) in [5, 5.41) is 4.00. The van der Waals surface area contributed by atoms with Gasteiger partial charge in [-0.15, -0.1) is 0 Å². The number of nitrogens with one attached hydrogen (secondary N) is 1. The average molecular weight is 263 g/mol. The molecule has 1 aliphatic rings. The Kier molecular flexibility index (Phi) is 3.45. The molecule has 0 aliphatic carbocycles. The highest BCUT2D eigenvalue weighted by Gasteiger charge is 2.13. The van der Waals surface area contributed by atoms with Crippen LogP contribution in [0.3, 0.4) is 0 Å². The number of rotatable bonds is 3. The lowest BCUT2D eigenvalue weighted by Gasteiger charge is -2.23. The Morgan fingerprint density at radius 1 is 1.50 bits per heavy atom. The molecule has 1 aromatic carbocycles. The molecular weight excluding hydrogens is 246 g/mol. The molecule has 4 nitrogen and oxygen atoms in total. The molecule has 0 amide bonds. The molecule has 0 bridgehead atoms. The highest BCUT2D eigenvalue weighted by atomic mass is 32.1. The molecular formula is C13H17N3OS. The Hall–Kier alpha value is -1.17. The van der Waals surface area contributed by atoms with Gasteiger partial charge in [0.25, 0.3) is 0 Å². The second-order valence-electron chi connectivity index (χ2n) is 4.59. The van der Waals surface area contributed by atoms with E-state index in [0.29, 0.717) is 11.2 Å². The third kappa shape index (κ3) is 2.63. The summed E-state index contributed by atoms with van der Waals surface area (Å²) in [5.74, 6) is 0. The SMILES string of the molecule is Nc1nc2ccc(CCC3CNCCO3)cc2s1. The van der Waals surface area contributed by atoms with Crippen LogP contribution in [0.2, 0.25) is 0 Å². The first-order valence-corrected chi connectivity index (χ1v) is 7.10. The van der Waals surface area contributed by atoms with Crippen LogP contribution in [0.1, 0.15) is 12.0 Å². The summed E-state index contributed by atoms with van der Waals surface area (Å²) in [5.41, 5.74) is 8.04. The predicted molar refractivity (Wildman–Crippen MR) is 75.0 cm³/mol. The molecule has 1 atom stereocenters. The molecule has 1 fully saturated rings. The zero-order chi connectivity index (χ0) is 12.4. The summed E-state index contributed by atoms with van der Waals surface area (Å²) in [6.45, 7) is 2.77. The minimum absolute atomic E-state index is 0.348. The van der Waals surface area contributed by atoms with Crippen LogP contribution in [0, 0.1) is 0 Å². The summed E-state index contributed by atoms with van der Waals surface area (Å²) in [6.07, 6.45) is 2.45. The normalized spacial score (nSPS) is 20.3. The van der Waals surface area contributed by atoms with Gasteiger partial charge in [0, 0.05) is 13.1 Å². The molecule has 5 heteroatoms. The number of aryl methyl sites for hydroxylation is 1. The largest absolute Gasteiger partial charge is 0.376 e. The van der Waals surface area contributed by atoms with Crippen molar-refractivity contribution < 1.29 is 4.74 Å². The van der Waals surface area contributed by atoms with E-state index < -0.39 is 0 Å². The van der Waals surface area contributed by atoms with E-state index in [1.54, 1.807) is 11.3 Å². The topological polar surface area (TPSA) is 60.2 Å². The maximum atomic E-state index is 5.71. The molecule has 3 rings (SSSR count). The lowest BCUT2D eigenvalue weighted by Crippen LogP contribution is -2.38. The first-order valence-electron chi connectivity index (χ1n) is 6.28. The quantitative estimate of drug-likeness (QED) is 0.886. The van der Waals surface area contributed by atoms with Crippen LogP contribution in [-0.4, -0.2) is 30.8 Å². The Morgan fingerprint density at radius 3 is 3.28 bits per heavy atom. The van der Waals surface area contributed by atoms with Crippen molar-refractivity contribution in [2.24, 2.45) is 0 Å². The van der Waals surface area contributed by atoms with Gasteiger partial charge in [-0.2, -0.15) is 0 Å². The summed E-state index contributed by atoms with van der Waals surface area (Å²) >= 11 is 1.55. The Labute approximate surface area is 110 Å². The molecule has 1 unspecified atom stereocenters. The summed E-state index contributed by atoms with van der Waals surface area (Å²) < 4.78 is 6.87. The van der Waals surface area contributed by atoms with Crippen molar-refractivity contribution in [3.8, 4) is 0 Å². The van der Waals surface area contributed by atoms with Gasteiger partial charge in [0.2, 0.25) is 0 Å². The molecule has 0 saturated carbocycles. The highest BCUT2D eigenvalue weighted by molar-refractivity contribution is 7.22. The van der Waals surface area contributed by atoms with Gasteiger partial charge in [0.05, 0.1) is 22.9 Å². The van der Waals surface area contributed by atoms with Gasteiger partial charge < -0.3 is 15.8 Å². The average Bonchev–Trinajstić information content (AvgIpc) is 2.77. The van der Waals surface area contributed by atoms with Gasteiger partial charge in [-0.25, -0.2) is 4.98 Å². The number of anilines is 1. The molecule has 2 heterocycles. The zero-order valence-electron chi connectivity index (χ0n) is 10.2. The summed E-state index contributed by atoms with van der Waals surface area (Å²) in [6, 6.07) is 6.38. The number of hydrogen-bond donors (Lipinski definition) is 2. The maximum Gasteiger partial charge on any atom is 0.181 e. The standard InChI is InChI=1S/C13H17N3OS/c14-13-16-11-4-2-9(7-12(11)18-13)1-3-10-8-15-5-6-17-10/h2,4,7,10,15H,1,3,5-6,8H2,(H2,14,16). The molecule has 1 aliphatic heterocycles. The number of nitrogens with two attached hydrogens (primary N) is 1. The van der Waals surface area contributed by atoms with Crippen LogP contribution >= 0.6 is 11.3 Å². The van der Waals surface area contributed by atoms with Crippen LogP contribution < -0.4 is 11.1 Å². The van der Waals surface area contributed by atoms with Crippen LogP contribution in [0.25, 0.3) is 10.2 Å². The minimum atomic E-state index is 0.348. The Bertz CT molecular complexity index is 534. The van der Waals surface area contributed by atoms with E-state index in [0.717, 1.165) is 38.1 Å². The number of ether oxygens (including phenoxy) is 1. The molecule has 1 aromatic heterocycles. The van der Waals surface area contributed by atoms with E-state index in [-0.39, 0.29) is 0 Å². The van der Waals surface area contributed by atoms with Gasteiger partial charge in [-0.05, 0) is 30.5 Å². The Balaban J connectivity index is 1.66. The summed E-state index contributed by atoms with van der Waals surface area (Å²) in [4.78, 5) is 4.27. The lowest BCUT2D eigenvalue weighted by atomic mass is 10.1. The number of nitrogen functional groups attached to an aromatic ring is 1. The fourth-order valence-electron chi connectivity index (χ4n) is 2.28. The predicted octanol–water partition coefficient (Wildman–Crippen LogP) is 1.80. The number of hydrogen-bond acceptors (Lipinski definition) is 5. The van der Waals surface area contributed by atoms with Crippen LogP contribution in [-0.2, 0) is 11.2 Å². The number of nitrogens with zero attached hydrogens (tertiary/aromatic N) is 1. The van der Waals surface area contributed by atoms with Crippen molar-refractivity contribution in [2.45, 2.75) is 18.9 Å². The Morgan fingerprint density at radius 2 is 2.44 bits per heavy atom. The van der Waals surface area contributed by atoms with Gasteiger partial charge in [-0.3, -0.25) is 0 Å². The fraction of sp³-hybridized carbons (Fsp3) is 0.462. The van der Waals surface area contributed by atoms with Crippen LogP contribution in [0.4, 0.5) is 5.13 Å².